The predicted octanol–water partition coefficient (Wildman–Crippen LogP) is 2.99. The Hall–Kier alpha value is 0.440. The van der Waals surface area contributed by atoms with Gasteiger partial charge in [-0.15, -0.1) is 0 Å². The van der Waals surface area contributed by atoms with Crippen molar-refractivity contribution in [3.8, 4) is 0 Å². The first-order valence-corrected chi connectivity index (χ1v) is 5.87. The van der Waals surface area contributed by atoms with Gasteiger partial charge in [0.2, 0.25) is 0 Å². The van der Waals surface area contributed by atoms with Crippen molar-refractivity contribution in [3.63, 3.8) is 0 Å². The summed E-state index contributed by atoms with van der Waals surface area (Å²) in [5.41, 5.74) is 0. The normalized spacial score (nSPS) is 14.8. The largest absolute Gasteiger partial charge is 0.304 e. The van der Waals surface area contributed by atoms with E-state index in [2.05, 4.69) is 55.6 Å². The van der Waals surface area contributed by atoms with Gasteiger partial charge in [-0.05, 0) is 32.7 Å². The first kappa shape index (κ1) is 12.4. The van der Waals surface area contributed by atoms with Gasteiger partial charge in [0.1, 0.15) is 0 Å². The number of nitrogens with zero attached hydrogens (tertiary/aromatic N) is 1. The number of alkyl halides is 1. The van der Waals surface area contributed by atoms with E-state index in [1.165, 1.54) is 6.54 Å². The predicted molar refractivity (Wildman–Crippen MR) is 59.9 cm³/mol. The second-order valence-corrected chi connectivity index (χ2v) is 4.84. The Morgan fingerprint density at radius 3 is 1.92 bits per heavy atom. The second kappa shape index (κ2) is 5.98. The minimum absolute atomic E-state index is 0.658. The van der Waals surface area contributed by atoms with Crippen LogP contribution in [-0.2, 0) is 0 Å². The molecule has 0 aromatic rings. The SMILES string of the molecule is CC(C)C(CBr)CN(C)C(C)C. The average Bonchev–Trinajstić information content (AvgIpc) is 1.98. The smallest absolute Gasteiger partial charge is 0.00743 e. The highest BCUT2D eigenvalue weighted by Crippen LogP contribution is 2.15. The molecule has 0 heterocycles. The monoisotopic (exact) mass is 235 g/mol. The molecule has 0 spiro atoms. The summed E-state index contributed by atoms with van der Waals surface area (Å²) in [5, 5.41) is 1.11. The minimum Gasteiger partial charge on any atom is -0.304 e. The fraction of sp³-hybridized carbons (Fsp3) is 1.00. The molecule has 0 saturated heterocycles. The summed E-state index contributed by atoms with van der Waals surface area (Å²) in [6, 6.07) is 0.658. The number of halogens is 1. The average molecular weight is 236 g/mol. The topological polar surface area (TPSA) is 3.24 Å². The maximum Gasteiger partial charge on any atom is 0.00743 e. The van der Waals surface area contributed by atoms with Gasteiger partial charge in [0.05, 0.1) is 0 Å². The number of rotatable bonds is 5. The zero-order valence-electron chi connectivity index (χ0n) is 8.97. The van der Waals surface area contributed by atoms with E-state index in [-0.39, 0.29) is 0 Å². The van der Waals surface area contributed by atoms with E-state index < -0.39 is 0 Å². The van der Waals surface area contributed by atoms with Crippen molar-refractivity contribution >= 4 is 15.9 Å². The van der Waals surface area contributed by atoms with Crippen molar-refractivity contribution in [2.24, 2.45) is 11.8 Å². The fourth-order valence-electron chi connectivity index (χ4n) is 1.02. The van der Waals surface area contributed by atoms with E-state index in [1.807, 2.05) is 0 Å². The summed E-state index contributed by atoms with van der Waals surface area (Å²) in [6.45, 7) is 10.3. The van der Waals surface area contributed by atoms with Crippen LogP contribution in [-0.4, -0.2) is 29.9 Å². The molecule has 0 N–H and O–H groups in total. The fourth-order valence-corrected chi connectivity index (χ4v) is 1.97. The van der Waals surface area contributed by atoms with Crippen LogP contribution >= 0.6 is 15.9 Å². The third kappa shape index (κ3) is 4.46. The Balaban J connectivity index is 3.85. The van der Waals surface area contributed by atoms with E-state index in [1.54, 1.807) is 0 Å². The van der Waals surface area contributed by atoms with Gasteiger partial charge in [-0.3, -0.25) is 0 Å². The lowest BCUT2D eigenvalue weighted by molar-refractivity contribution is 0.214. The van der Waals surface area contributed by atoms with Gasteiger partial charge in [-0.1, -0.05) is 29.8 Å². The van der Waals surface area contributed by atoms with Crippen LogP contribution in [0.1, 0.15) is 27.7 Å². The maximum absolute atomic E-state index is 3.57. The summed E-state index contributed by atoms with van der Waals surface area (Å²) in [7, 11) is 2.20. The van der Waals surface area contributed by atoms with E-state index in [4.69, 9.17) is 0 Å². The summed E-state index contributed by atoms with van der Waals surface area (Å²) >= 11 is 3.57. The Morgan fingerprint density at radius 2 is 1.67 bits per heavy atom. The van der Waals surface area contributed by atoms with Crippen LogP contribution in [0.3, 0.4) is 0 Å². The Kier molecular flexibility index (Phi) is 6.20. The van der Waals surface area contributed by atoms with E-state index in [0.717, 1.165) is 17.2 Å². The first-order valence-electron chi connectivity index (χ1n) is 4.75. The van der Waals surface area contributed by atoms with Gasteiger partial charge in [0.15, 0.2) is 0 Å². The van der Waals surface area contributed by atoms with Crippen molar-refractivity contribution in [3.05, 3.63) is 0 Å². The molecular weight excluding hydrogens is 214 g/mol. The zero-order chi connectivity index (χ0) is 9.72. The highest BCUT2D eigenvalue weighted by Gasteiger charge is 2.15. The van der Waals surface area contributed by atoms with Crippen LogP contribution in [0.4, 0.5) is 0 Å². The van der Waals surface area contributed by atoms with Crippen molar-refractivity contribution in [2.75, 3.05) is 18.9 Å². The molecule has 0 amide bonds. The van der Waals surface area contributed by atoms with Crippen LogP contribution in [0, 0.1) is 11.8 Å². The van der Waals surface area contributed by atoms with Gasteiger partial charge in [-0.25, -0.2) is 0 Å². The van der Waals surface area contributed by atoms with Gasteiger partial charge in [0, 0.05) is 17.9 Å². The number of hydrogen-bond acceptors (Lipinski definition) is 1. The molecule has 0 aromatic heterocycles. The van der Waals surface area contributed by atoms with Gasteiger partial charge in [0.25, 0.3) is 0 Å². The molecule has 0 bridgehead atoms. The van der Waals surface area contributed by atoms with Crippen LogP contribution in [0.25, 0.3) is 0 Å². The van der Waals surface area contributed by atoms with E-state index in [9.17, 15) is 0 Å². The third-order valence-electron chi connectivity index (χ3n) is 2.55. The van der Waals surface area contributed by atoms with Crippen LogP contribution in [0.15, 0.2) is 0 Å². The second-order valence-electron chi connectivity index (χ2n) is 4.19. The highest BCUT2D eigenvalue weighted by molar-refractivity contribution is 9.09. The summed E-state index contributed by atoms with van der Waals surface area (Å²) < 4.78 is 0. The van der Waals surface area contributed by atoms with Crippen molar-refractivity contribution in [1.29, 1.82) is 0 Å². The standard InChI is InChI=1S/C10H22BrN/c1-8(2)10(6-11)7-12(5)9(3)4/h8-10H,6-7H2,1-5H3. The summed E-state index contributed by atoms with van der Waals surface area (Å²) in [4.78, 5) is 2.41. The zero-order valence-corrected chi connectivity index (χ0v) is 10.6. The Labute approximate surface area is 85.7 Å². The molecule has 0 fully saturated rings. The lowest BCUT2D eigenvalue weighted by atomic mass is 9.97. The van der Waals surface area contributed by atoms with Crippen LogP contribution in [0.2, 0.25) is 0 Å². The maximum atomic E-state index is 3.57. The van der Waals surface area contributed by atoms with Crippen LogP contribution < -0.4 is 0 Å². The molecule has 0 aliphatic heterocycles. The van der Waals surface area contributed by atoms with E-state index >= 15 is 0 Å². The van der Waals surface area contributed by atoms with E-state index in [0.29, 0.717) is 6.04 Å². The molecule has 12 heavy (non-hydrogen) atoms. The Bertz CT molecular complexity index is 112. The molecule has 0 radical (unpaired) electrons. The molecule has 0 aliphatic rings. The lowest BCUT2D eigenvalue weighted by Crippen LogP contribution is -2.34. The molecule has 1 unspecified atom stereocenters. The molecule has 1 atom stereocenters. The highest BCUT2D eigenvalue weighted by atomic mass is 79.9. The third-order valence-corrected chi connectivity index (χ3v) is 3.38. The summed E-state index contributed by atoms with van der Waals surface area (Å²) in [5.74, 6) is 1.54. The molecular formula is C10H22BrN. The Morgan fingerprint density at radius 1 is 1.17 bits per heavy atom. The van der Waals surface area contributed by atoms with Crippen molar-refractivity contribution < 1.29 is 0 Å². The molecule has 0 rings (SSSR count). The van der Waals surface area contributed by atoms with Crippen LogP contribution in [0.5, 0.6) is 0 Å². The lowest BCUT2D eigenvalue weighted by Gasteiger charge is -2.28. The minimum atomic E-state index is 0.658. The molecule has 0 aliphatic carbocycles. The molecule has 0 aromatic carbocycles. The first-order chi connectivity index (χ1) is 5.49. The van der Waals surface area contributed by atoms with Gasteiger partial charge in [-0.2, -0.15) is 0 Å². The van der Waals surface area contributed by atoms with Gasteiger partial charge >= 0.3 is 0 Å². The number of hydrogen-bond donors (Lipinski definition) is 0. The summed E-state index contributed by atoms with van der Waals surface area (Å²) in [6.07, 6.45) is 0. The molecule has 0 saturated carbocycles. The molecule has 1 nitrogen and oxygen atoms in total. The van der Waals surface area contributed by atoms with Crippen molar-refractivity contribution in [1.82, 2.24) is 4.90 Å². The quantitative estimate of drug-likeness (QED) is 0.663. The van der Waals surface area contributed by atoms with Crippen molar-refractivity contribution in [2.45, 2.75) is 33.7 Å². The molecule has 74 valence electrons. The molecule has 2 heteroatoms. The van der Waals surface area contributed by atoms with Gasteiger partial charge < -0.3 is 4.90 Å².